The summed E-state index contributed by atoms with van der Waals surface area (Å²) in [5.41, 5.74) is 8.38. The molecule has 31 heavy (non-hydrogen) atoms. The smallest absolute Gasteiger partial charge is 0.198 e. The van der Waals surface area contributed by atoms with E-state index in [0.29, 0.717) is 23.6 Å². The van der Waals surface area contributed by atoms with E-state index in [1.54, 1.807) is 16.1 Å². The number of anilines is 2. The van der Waals surface area contributed by atoms with Gasteiger partial charge in [0.25, 0.3) is 0 Å². The van der Waals surface area contributed by atoms with Crippen LogP contribution in [0.4, 0.5) is 20.3 Å². The van der Waals surface area contributed by atoms with Gasteiger partial charge in [0.05, 0.1) is 23.3 Å². The Morgan fingerprint density at radius 1 is 1.16 bits per heavy atom. The predicted molar refractivity (Wildman–Crippen MR) is 115 cm³/mol. The highest BCUT2D eigenvalue weighted by molar-refractivity contribution is 5.70. The average molecular weight is 426 g/mol. The van der Waals surface area contributed by atoms with Crippen LogP contribution in [-0.2, 0) is 13.5 Å². The van der Waals surface area contributed by atoms with Crippen LogP contribution in [0.1, 0.15) is 24.4 Å². The number of nitrogens with zero attached hydrogens (tertiary/aromatic N) is 7. The second-order valence-corrected chi connectivity index (χ2v) is 7.57. The van der Waals surface area contributed by atoms with E-state index in [9.17, 15) is 8.78 Å². The van der Waals surface area contributed by atoms with Crippen molar-refractivity contribution in [1.29, 1.82) is 0 Å². The van der Waals surface area contributed by atoms with Gasteiger partial charge in [0.1, 0.15) is 11.6 Å². The molecule has 0 saturated carbocycles. The molecule has 2 N–H and O–H groups in total. The van der Waals surface area contributed by atoms with Crippen LogP contribution in [0.15, 0.2) is 30.6 Å². The molecule has 0 aliphatic heterocycles. The van der Waals surface area contributed by atoms with Gasteiger partial charge in [-0.25, -0.2) is 23.3 Å². The van der Waals surface area contributed by atoms with Gasteiger partial charge in [-0.1, -0.05) is 0 Å². The molecule has 0 aliphatic rings. The molecule has 3 heterocycles. The maximum absolute atomic E-state index is 14.3. The van der Waals surface area contributed by atoms with Crippen molar-refractivity contribution in [2.45, 2.75) is 26.2 Å². The molecule has 162 valence electrons. The molecule has 10 heteroatoms. The molecular formula is C21H24F2N8. The summed E-state index contributed by atoms with van der Waals surface area (Å²) in [5, 5.41) is 8.72. The van der Waals surface area contributed by atoms with E-state index in [1.807, 2.05) is 26.5 Å². The van der Waals surface area contributed by atoms with Gasteiger partial charge in [-0.3, -0.25) is 4.68 Å². The Hall–Kier alpha value is -3.56. The van der Waals surface area contributed by atoms with Crippen LogP contribution < -0.4 is 10.6 Å². The lowest BCUT2D eigenvalue weighted by molar-refractivity contribution is 0.602. The van der Waals surface area contributed by atoms with Gasteiger partial charge >= 0.3 is 0 Å². The van der Waals surface area contributed by atoms with Crippen molar-refractivity contribution in [3.05, 3.63) is 53.7 Å². The van der Waals surface area contributed by atoms with Gasteiger partial charge in [-0.15, -0.1) is 0 Å². The summed E-state index contributed by atoms with van der Waals surface area (Å²) < 4.78 is 31.2. The van der Waals surface area contributed by atoms with E-state index in [0.717, 1.165) is 43.3 Å². The number of benzene rings is 1. The Morgan fingerprint density at radius 2 is 1.97 bits per heavy atom. The van der Waals surface area contributed by atoms with Crippen LogP contribution in [0.2, 0.25) is 0 Å². The van der Waals surface area contributed by atoms with Crippen molar-refractivity contribution in [3.63, 3.8) is 0 Å². The minimum atomic E-state index is -0.575. The molecule has 3 aromatic heterocycles. The predicted octanol–water partition coefficient (Wildman–Crippen LogP) is 3.15. The first-order valence-corrected chi connectivity index (χ1v) is 10.0. The van der Waals surface area contributed by atoms with Gasteiger partial charge in [-0.05, 0) is 38.0 Å². The highest BCUT2D eigenvalue weighted by atomic mass is 19.1. The third kappa shape index (κ3) is 4.18. The molecule has 0 fully saturated rings. The van der Waals surface area contributed by atoms with E-state index in [-0.39, 0.29) is 17.1 Å². The summed E-state index contributed by atoms with van der Waals surface area (Å²) in [6.45, 7) is 2.62. The molecule has 0 aliphatic carbocycles. The Kier molecular flexibility index (Phi) is 5.53. The molecule has 0 unspecified atom stereocenters. The molecule has 4 rings (SSSR count). The largest absolute Gasteiger partial charge is 0.381 e. The quantitative estimate of drug-likeness (QED) is 0.457. The Bertz CT molecular complexity index is 1230. The zero-order chi connectivity index (χ0) is 22.1. The van der Waals surface area contributed by atoms with Crippen molar-refractivity contribution in [2.24, 2.45) is 7.05 Å². The second-order valence-electron chi connectivity index (χ2n) is 7.57. The third-order valence-corrected chi connectivity index (χ3v) is 5.23. The van der Waals surface area contributed by atoms with Crippen LogP contribution in [0.5, 0.6) is 0 Å². The topological polar surface area (TPSA) is 90.2 Å². The molecular weight excluding hydrogens is 402 g/mol. The van der Waals surface area contributed by atoms with Gasteiger partial charge < -0.3 is 10.6 Å². The highest BCUT2D eigenvalue weighted by Gasteiger charge is 2.18. The second kappa shape index (κ2) is 8.29. The standard InChI is InChI=1S/C21H24F2N8/c1-13-19(16-10-14(22)7-8-17(16)23)27-20(24)21-26-18(28-31(13)21)6-4-5-9-29(2)15-11-25-30(3)12-15/h7-8,10-12H,4-6,9H2,1-3H3,(H2,24,27). The SMILES string of the molecule is Cc1c(-c2cc(F)ccc2F)nc(N)c2nc(CCCCN(C)c3cnn(C)c3)nn12. The van der Waals surface area contributed by atoms with E-state index < -0.39 is 11.6 Å². The molecule has 0 atom stereocenters. The molecule has 4 aromatic rings. The van der Waals surface area contributed by atoms with Gasteiger partial charge in [0.15, 0.2) is 17.3 Å². The fraction of sp³-hybridized carbons (Fsp3) is 0.333. The molecule has 0 bridgehead atoms. The average Bonchev–Trinajstić information content (AvgIpc) is 3.37. The zero-order valence-corrected chi connectivity index (χ0v) is 17.7. The van der Waals surface area contributed by atoms with Crippen molar-refractivity contribution in [2.75, 3.05) is 24.2 Å². The van der Waals surface area contributed by atoms with Crippen LogP contribution >= 0.6 is 0 Å². The number of nitrogens with two attached hydrogens (primary N) is 1. The van der Waals surface area contributed by atoms with Gasteiger partial charge in [-0.2, -0.15) is 10.2 Å². The number of aryl methyl sites for hydroxylation is 3. The number of fused-ring (bicyclic) bond motifs is 1. The van der Waals surface area contributed by atoms with E-state index in [2.05, 4.69) is 25.1 Å². The van der Waals surface area contributed by atoms with Crippen LogP contribution in [0.3, 0.4) is 0 Å². The molecule has 0 spiro atoms. The summed E-state index contributed by atoms with van der Waals surface area (Å²) in [6.07, 6.45) is 6.32. The van der Waals surface area contributed by atoms with Crippen LogP contribution in [0, 0.1) is 18.6 Å². The van der Waals surface area contributed by atoms with Gasteiger partial charge in [0, 0.05) is 38.8 Å². The minimum Gasteiger partial charge on any atom is -0.381 e. The van der Waals surface area contributed by atoms with E-state index in [4.69, 9.17) is 5.73 Å². The minimum absolute atomic E-state index is 0.0431. The lowest BCUT2D eigenvalue weighted by Crippen LogP contribution is -2.18. The number of nitrogen functional groups attached to an aromatic ring is 1. The Balaban J connectivity index is 1.49. The molecule has 0 radical (unpaired) electrons. The number of hydrogen-bond donors (Lipinski definition) is 1. The summed E-state index contributed by atoms with van der Waals surface area (Å²) in [5.74, 6) is -0.363. The molecule has 1 aromatic carbocycles. The number of hydrogen-bond acceptors (Lipinski definition) is 6. The summed E-state index contributed by atoms with van der Waals surface area (Å²) in [6, 6.07) is 3.24. The van der Waals surface area contributed by atoms with E-state index in [1.165, 1.54) is 0 Å². The Labute approximate surface area is 178 Å². The monoisotopic (exact) mass is 426 g/mol. The van der Waals surface area contributed by atoms with Crippen molar-refractivity contribution in [3.8, 4) is 11.3 Å². The number of halogens is 2. The fourth-order valence-corrected chi connectivity index (χ4v) is 3.51. The normalized spacial score (nSPS) is 11.4. The first-order chi connectivity index (χ1) is 14.8. The zero-order valence-electron chi connectivity index (χ0n) is 17.7. The maximum atomic E-state index is 14.3. The van der Waals surface area contributed by atoms with Crippen molar-refractivity contribution >= 4 is 17.2 Å². The Morgan fingerprint density at radius 3 is 2.71 bits per heavy atom. The summed E-state index contributed by atoms with van der Waals surface area (Å²) in [7, 11) is 3.92. The maximum Gasteiger partial charge on any atom is 0.198 e. The molecule has 0 saturated heterocycles. The fourth-order valence-electron chi connectivity index (χ4n) is 3.51. The number of rotatable bonds is 7. The summed E-state index contributed by atoms with van der Waals surface area (Å²) in [4.78, 5) is 10.9. The van der Waals surface area contributed by atoms with E-state index >= 15 is 0 Å². The molecule has 8 nitrogen and oxygen atoms in total. The van der Waals surface area contributed by atoms with Crippen LogP contribution in [0.25, 0.3) is 16.9 Å². The molecule has 0 amide bonds. The third-order valence-electron chi connectivity index (χ3n) is 5.23. The number of aromatic nitrogens is 6. The highest BCUT2D eigenvalue weighted by Crippen LogP contribution is 2.27. The van der Waals surface area contributed by atoms with Crippen LogP contribution in [-0.4, -0.2) is 43.0 Å². The van der Waals surface area contributed by atoms with Crippen molar-refractivity contribution < 1.29 is 8.78 Å². The first kappa shape index (κ1) is 20.7. The summed E-state index contributed by atoms with van der Waals surface area (Å²) >= 11 is 0. The lowest BCUT2D eigenvalue weighted by Gasteiger charge is -2.16. The van der Waals surface area contributed by atoms with Crippen molar-refractivity contribution in [1.82, 2.24) is 29.4 Å². The lowest BCUT2D eigenvalue weighted by atomic mass is 10.1. The number of unbranched alkanes of at least 4 members (excludes halogenated alkanes) is 1. The van der Waals surface area contributed by atoms with Gasteiger partial charge in [0.2, 0.25) is 0 Å². The first-order valence-electron chi connectivity index (χ1n) is 10.0.